The van der Waals surface area contributed by atoms with Crippen LogP contribution in [0.2, 0.25) is 0 Å². The maximum absolute atomic E-state index is 11.5. The van der Waals surface area contributed by atoms with Crippen LogP contribution in [0, 0.1) is 5.92 Å². The van der Waals surface area contributed by atoms with Gasteiger partial charge in [0.2, 0.25) is 5.96 Å². The van der Waals surface area contributed by atoms with E-state index in [4.69, 9.17) is 11.5 Å². The Hall–Kier alpha value is -1.59. The number of guanidine groups is 2. The number of aliphatic imine (C=N–C) groups is 2. The molecule has 1 atom stereocenters. The van der Waals surface area contributed by atoms with Crippen molar-refractivity contribution < 1.29 is 4.79 Å². The van der Waals surface area contributed by atoms with Gasteiger partial charge in [-0.2, -0.15) is 9.98 Å². The molecule has 15 heavy (non-hydrogen) atoms. The average Bonchev–Trinajstić information content (AvgIpc) is 2.31. The zero-order valence-corrected chi connectivity index (χ0v) is 9.27. The van der Waals surface area contributed by atoms with Gasteiger partial charge in [-0.05, 0) is 12.3 Å². The van der Waals surface area contributed by atoms with Gasteiger partial charge < -0.3 is 16.4 Å². The second-order valence-electron chi connectivity index (χ2n) is 4.04. The number of carbonyl (C=O) groups excluding carboxylic acids is 1. The molecule has 0 saturated carbocycles. The summed E-state index contributed by atoms with van der Waals surface area (Å²) in [6, 6.07) is -0.233. The molecule has 0 saturated heterocycles. The van der Waals surface area contributed by atoms with Gasteiger partial charge in [-0.25, -0.2) is 0 Å². The number of amides is 1. The highest BCUT2D eigenvalue weighted by molar-refractivity contribution is 6.06. The van der Waals surface area contributed by atoms with Crippen LogP contribution >= 0.6 is 0 Å². The first-order valence-corrected chi connectivity index (χ1v) is 4.86. The molecule has 6 nitrogen and oxygen atoms in total. The van der Waals surface area contributed by atoms with Crippen molar-refractivity contribution in [3.8, 4) is 0 Å². The van der Waals surface area contributed by atoms with Gasteiger partial charge in [-0.15, -0.1) is 0 Å². The van der Waals surface area contributed by atoms with E-state index >= 15 is 0 Å². The van der Waals surface area contributed by atoms with E-state index in [0.29, 0.717) is 11.9 Å². The molecule has 0 spiro atoms. The van der Waals surface area contributed by atoms with Crippen molar-refractivity contribution in [2.24, 2.45) is 27.4 Å². The summed E-state index contributed by atoms with van der Waals surface area (Å²) < 4.78 is 0. The minimum atomic E-state index is -0.233. The summed E-state index contributed by atoms with van der Waals surface area (Å²) in [4.78, 5) is 20.8. The van der Waals surface area contributed by atoms with E-state index in [2.05, 4.69) is 23.8 Å². The number of nitrogens with zero attached hydrogens (tertiary/aromatic N) is 3. The smallest absolute Gasteiger partial charge is 0.271 e. The van der Waals surface area contributed by atoms with E-state index in [-0.39, 0.29) is 17.9 Å². The second-order valence-corrected chi connectivity index (χ2v) is 4.04. The third-order valence-electron chi connectivity index (χ3n) is 2.20. The monoisotopic (exact) mass is 211 g/mol. The van der Waals surface area contributed by atoms with Gasteiger partial charge in [-0.1, -0.05) is 13.8 Å². The average molecular weight is 211 g/mol. The first-order chi connectivity index (χ1) is 6.91. The van der Waals surface area contributed by atoms with Crippen LogP contribution in [-0.4, -0.2) is 35.8 Å². The molecule has 0 fully saturated rings. The number of carbonyl (C=O) groups is 1. The first-order valence-electron chi connectivity index (χ1n) is 4.86. The lowest BCUT2D eigenvalue weighted by Gasteiger charge is -2.21. The Morgan fingerprint density at radius 3 is 2.67 bits per heavy atom. The van der Waals surface area contributed by atoms with Crippen molar-refractivity contribution in [2.75, 3.05) is 7.05 Å². The number of hydrogen-bond acceptors (Lipinski definition) is 3. The van der Waals surface area contributed by atoms with Gasteiger partial charge >= 0.3 is 0 Å². The zero-order valence-electron chi connectivity index (χ0n) is 9.27. The Labute approximate surface area is 89.0 Å². The quantitative estimate of drug-likeness (QED) is 0.475. The highest BCUT2D eigenvalue weighted by atomic mass is 16.2. The third kappa shape index (κ3) is 2.68. The fraction of sp³-hybridized carbons (Fsp3) is 0.667. The lowest BCUT2D eigenvalue weighted by atomic mass is 10.0. The maximum Gasteiger partial charge on any atom is 0.271 e. The summed E-state index contributed by atoms with van der Waals surface area (Å²) in [5.74, 6) is 0.464. The van der Waals surface area contributed by atoms with Crippen LogP contribution < -0.4 is 11.5 Å². The maximum atomic E-state index is 11.5. The van der Waals surface area contributed by atoms with Crippen LogP contribution in [0.3, 0.4) is 0 Å². The van der Waals surface area contributed by atoms with Crippen LogP contribution in [0.15, 0.2) is 9.98 Å². The molecule has 0 unspecified atom stereocenters. The summed E-state index contributed by atoms with van der Waals surface area (Å²) in [7, 11) is 1.77. The normalized spacial score (nSPS) is 20.8. The van der Waals surface area contributed by atoms with Crippen molar-refractivity contribution in [1.82, 2.24) is 4.90 Å². The van der Waals surface area contributed by atoms with Gasteiger partial charge in [0.15, 0.2) is 5.96 Å². The number of likely N-dealkylation sites (N-methyl/N-ethyl adjacent to an activating group) is 1. The minimum Gasteiger partial charge on any atom is -0.370 e. The molecule has 6 heteroatoms. The highest BCUT2D eigenvalue weighted by Gasteiger charge is 2.32. The van der Waals surface area contributed by atoms with E-state index in [1.54, 1.807) is 11.9 Å². The molecule has 0 aliphatic carbocycles. The van der Waals surface area contributed by atoms with E-state index in [0.717, 1.165) is 6.42 Å². The molecule has 0 aromatic carbocycles. The number of hydrogen-bond donors (Lipinski definition) is 2. The van der Waals surface area contributed by atoms with Crippen LogP contribution in [0.4, 0.5) is 0 Å². The summed E-state index contributed by atoms with van der Waals surface area (Å²) >= 11 is 0. The number of rotatable bonds is 2. The second kappa shape index (κ2) is 4.29. The van der Waals surface area contributed by atoms with Crippen LogP contribution in [0.25, 0.3) is 0 Å². The van der Waals surface area contributed by atoms with Gasteiger partial charge in [0.05, 0.1) is 0 Å². The van der Waals surface area contributed by atoms with Gasteiger partial charge in [0, 0.05) is 7.05 Å². The Morgan fingerprint density at radius 2 is 2.20 bits per heavy atom. The standard InChI is InChI=1S/C9H17N5O/c1-5(2)4-6-7(15)12-9(14(6)3)13-8(10)11/h5-6H,4H2,1-3H3,(H4,10,11,12,13,15)/t6-/m1/s1. The Bertz CT molecular complexity index is 316. The van der Waals surface area contributed by atoms with Crippen molar-refractivity contribution in [3.05, 3.63) is 0 Å². The van der Waals surface area contributed by atoms with E-state index in [1.165, 1.54) is 0 Å². The summed E-state index contributed by atoms with van der Waals surface area (Å²) in [6.45, 7) is 4.11. The molecule has 0 bridgehead atoms. The first kappa shape index (κ1) is 11.5. The molecule has 1 aliphatic rings. The van der Waals surface area contributed by atoms with Crippen LogP contribution in [0.1, 0.15) is 20.3 Å². The van der Waals surface area contributed by atoms with Crippen molar-refractivity contribution in [1.29, 1.82) is 0 Å². The third-order valence-corrected chi connectivity index (χ3v) is 2.20. The van der Waals surface area contributed by atoms with Crippen molar-refractivity contribution in [2.45, 2.75) is 26.3 Å². The van der Waals surface area contributed by atoms with E-state index in [1.807, 2.05) is 0 Å². The van der Waals surface area contributed by atoms with E-state index in [9.17, 15) is 4.79 Å². The summed E-state index contributed by atoms with van der Waals surface area (Å²) in [5, 5.41) is 0. The highest BCUT2D eigenvalue weighted by Crippen LogP contribution is 2.17. The van der Waals surface area contributed by atoms with Gasteiger partial charge in [0.1, 0.15) is 6.04 Å². The molecule has 4 N–H and O–H groups in total. The lowest BCUT2D eigenvalue weighted by molar-refractivity contribution is -0.120. The molecule has 1 heterocycles. The van der Waals surface area contributed by atoms with Gasteiger partial charge in [0.25, 0.3) is 5.91 Å². The Morgan fingerprint density at radius 1 is 1.60 bits per heavy atom. The predicted octanol–water partition coefficient (Wildman–Crippen LogP) is -0.497. The van der Waals surface area contributed by atoms with Crippen molar-refractivity contribution >= 4 is 17.8 Å². The molecule has 1 rings (SSSR count). The fourth-order valence-corrected chi connectivity index (χ4v) is 1.48. The Balaban J connectivity index is 2.78. The number of nitrogens with two attached hydrogens (primary N) is 2. The molecule has 1 aliphatic heterocycles. The fourth-order valence-electron chi connectivity index (χ4n) is 1.48. The Kier molecular flexibility index (Phi) is 3.28. The zero-order chi connectivity index (χ0) is 11.6. The minimum absolute atomic E-state index is 0.0846. The topological polar surface area (TPSA) is 97.1 Å². The van der Waals surface area contributed by atoms with E-state index < -0.39 is 0 Å². The molecule has 1 amide bonds. The van der Waals surface area contributed by atoms with Crippen LogP contribution in [-0.2, 0) is 4.79 Å². The summed E-state index contributed by atoms with van der Waals surface area (Å²) in [5.41, 5.74) is 10.5. The lowest BCUT2D eigenvalue weighted by Crippen LogP contribution is -2.36. The molecule has 84 valence electrons. The molecular weight excluding hydrogens is 194 g/mol. The van der Waals surface area contributed by atoms with Crippen LogP contribution in [0.5, 0.6) is 0 Å². The SMILES string of the molecule is CC(C)C[C@@H]1C(=O)N=C(N=C(N)N)N1C. The molecule has 0 radical (unpaired) electrons. The largest absolute Gasteiger partial charge is 0.370 e. The summed E-state index contributed by atoms with van der Waals surface area (Å²) in [6.07, 6.45) is 0.752. The van der Waals surface area contributed by atoms with Crippen molar-refractivity contribution in [3.63, 3.8) is 0 Å². The molecular formula is C9H17N5O. The molecule has 0 aromatic rings. The molecule has 0 aromatic heterocycles. The predicted molar refractivity (Wildman–Crippen MR) is 59.3 cm³/mol. The van der Waals surface area contributed by atoms with Gasteiger partial charge in [-0.3, -0.25) is 4.79 Å².